The molecule has 0 heterocycles. The molecule has 8 heteroatoms. The summed E-state index contributed by atoms with van der Waals surface area (Å²) < 4.78 is 15.6. The zero-order valence-corrected chi connectivity index (χ0v) is 14.8. The number of ether oxygens (including phenoxy) is 3. The molecule has 26 heavy (non-hydrogen) atoms. The maximum Gasteiger partial charge on any atom is 0.296 e. The highest BCUT2D eigenvalue weighted by Crippen LogP contribution is 2.30. The highest BCUT2D eigenvalue weighted by atomic mass is 16.6. The molecule has 2 aromatic carbocycles. The van der Waals surface area contributed by atoms with Crippen LogP contribution in [0.25, 0.3) is 0 Å². The normalized spacial score (nSPS) is 10.1. The molecule has 0 radical (unpaired) electrons. The number of hydrogen-bond acceptors (Lipinski definition) is 6. The monoisotopic (exact) mass is 360 g/mol. The van der Waals surface area contributed by atoms with Gasteiger partial charge in [-0.05, 0) is 36.8 Å². The van der Waals surface area contributed by atoms with E-state index in [2.05, 4.69) is 5.32 Å². The van der Waals surface area contributed by atoms with Crippen LogP contribution in [-0.2, 0) is 11.2 Å². The first-order valence-corrected chi connectivity index (χ1v) is 7.90. The van der Waals surface area contributed by atoms with Gasteiger partial charge in [0.1, 0.15) is 11.4 Å². The van der Waals surface area contributed by atoms with Gasteiger partial charge in [-0.1, -0.05) is 6.07 Å². The Morgan fingerprint density at radius 2 is 1.85 bits per heavy atom. The average Bonchev–Trinajstić information content (AvgIpc) is 2.62. The van der Waals surface area contributed by atoms with Crippen molar-refractivity contribution in [1.29, 1.82) is 0 Å². The molecule has 0 saturated carbocycles. The maximum absolute atomic E-state index is 12.3. The van der Waals surface area contributed by atoms with Gasteiger partial charge in [-0.15, -0.1) is 0 Å². The van der Waals surface area contributed by atoms with Crippen molar-refractivity contribution in [3.8, 4) is 17.2 Å². The summed E-state index contributed by atoms with van der Waals surface area (Å²) in [4.78, 5) is 23.0. The first kappa shape index (κ1) is 19.0. The topological polar surface area (TPSA) is 99.9 Å². The van der Waals surface area contributed by atoms with Gasteiger partial charge in [0.05, 0.1) is 38.2 Å². The second kappa shape index (κ2) is 8.70. The summed E-state index contributed by atoms with van der Waals surface area (Å²) in [6.07, 6.45) is 0.0325. The molecule has 138 valence electrons. The van der Waals surface area contributed by atoms with E-state index in [0.29, 0.717) is 29.4 Å². The van der Waals surface area contributed by atoms with E-state index in [-0.39, 0.29) is 23.7 Å². The molecule has 2 aromatic rings. The van der Waals surface area contributed by atoms with E-state index in [9.17, 15) is 14.9 Å². The lowest BCUT2D eigenvalue weighted by atomic mass is 10.1. The maximum atomic E-state index is 12.3. The number of nitrogens with one attached hydrogen (secondary N) is 1. The van der Waals surface area contributed by atoms with E-state index in [4.69, 9.17) is 14.2 Å². The van der Waals surface area contributed by atoms with Crippen LogP contribution in [0, 0.1) is 10.1 Å². The van der Waals surface area contributed by atoms with Crippen molar-refractivity contribution in [2.24, 2.45) is 0 Å². The number of nitrogens with zero attached hydrogens (tertiary/aromatic N) is 1. The highest BCUT2D eigenvalue weighted by molar-refractivity contribution is 5.94. The zero-order valence-electron chi connectivity index (χ0n) is 14.8. The van der Waals surface area contributed by atoms with Crippen LogP contribution in [0.1, 0.15) is 12.5 Å². The summed E-state index contributed by atoms with van der Waals surface area (Å²) in [5.74, 6) is 1.05. The number of nitro benzene ring substituents is 1. The Morgan fingerprint density at radius 3 is 2.46 bits per heavy atom. The van der Waals surface area contributed by atoms with Gasteiger partial charge in [0.15, 0.2) is 11.5 Å². The van der Waals surface area contributed by atoms with Gasteiger partial charge in [-0.2, -0.15) is 0 Å². The smallest absolute Gasteiger partial charge is 0.296 e. The number of hydrogen-bond donors (Lipinski definition) is 1. The van der Waals surface area contributed by atoms with Gasteiger partial charge in [0.2, 0.25) is 5.91 Å². The number of carbonyl (C=O) groups excluding carboxylic acids is 1. The molecule has 0 aliphatic carbocycles. The van der Waals surface area contributed by atoms with Crippen molar-refractivity contribution < 1.29 is 23.9 Å². The van der Waals surface area contributed by atoms with Crippen LogP contribution >= 0.6 is 0 Å². The lowest BCUT2D eigenvalue weighted by Crippen LogP contribution is -2.15. The third-order valence-electron chi connectivity index (χ3n) is 3.56. The van der Waals surface area contributed by atoms with Gasteiger partial charge >= 0.3 is 0 Å². The average molecular weight is 360 g/mol. The standard InChI is InChI=1S/C18H20N2O6/c1-4-26-13-6-7-14(15(11-13)20(22)23)19-18(21)10-12-5-8-16(24-2)17(9-12)25-3/h5-9,11H,4,10H2,1-3H3,(H,19,21). The molecule has 2 rings (SSSR count). The molecular formula is C18H20N2O6. The predicted molar refractivity (Wildman–Crippen MR) is 96.1 cm³/mol. The molecule has 0 unspecified atom stereocenters. The second-order valence-electron chi connectivity index (χ2n) is 5.28. The van der Waals surface area contributed by atoms with Gasteiger partial charge in [-0.25, -0.2) is 0 Å². The highest BCUT2D eigenvalue weighted by Gasteiger charge is 2.18. The van der Waals surface area contributed by atoms with Crippen LogP contribution in [0.4, 0.5) is 11.4 Å². The Morgan fingerprint density at radius 1 is 1.12 bits per heavy atom. The Hall–Kier alpha value is -3.29. The minimum atomic E-state index is -0.561. The number of nitro groups is 1. The van der Waals surface area contributed by atoms with Crippen LogP contribution in [0.2, 0.25) is 0 Å². The number of rotatable bonds is 8. The lowest BCUT2D eigenvalue weighted by molar-refractivity contribution is -0.384. The molecule has 0 aliphatic rings. The van der Waals surface area contributed by atoms with Gasteiger partial charge in [0, 0.05) is 0 Å². The molecule has 0 fully saturated rings. The SMILES string of the molecule is CCOc1ccc(NC(=O)Cc2ccc(OC)c(OC)c2)c([N+](=O)[O-])c1. The molecule has 8 nitrogen and oxygen atoms in total. The number of amides is 1. The molecule has 0 atom stereocenters. The second-order valence-corrected chi connectivity index (χ2v) is 5.28. The molecule has 0 saturated heterocycles. The molecule has 1 N–H and O–H groups in total. The summed E-state index contributed by atoms with van der Waals surface area (Å²) in [6.45, 7) is 2.17. The molecule has 0 aliphatic heterocycles. The Labute approximate surface area is 150 Å². The number of carbonyl (C=O) groups is 1. The van der Waals surface area contributed by atoms with E-state index in [1.807, 2.05) is 0 Å². The molecule has 1 amide bonds. The third-order valence-corrected chi connectivity index (χ3v) is 3.56. The largest absolute Gasteiger partial charge is 0.494 e. The number of methoxy groups -OCH3 is 2. The Balaban J connectivity index is 2.16. The summed E-state index contributed by atoms with van der Waals surface area (Å²) in [5.41, 5.74) is 0.578. The summed E-state index contributed by atoms with van der Waals surface area (Å²) in [5, 5.41) is 13.8. The third kappa shape index (κ3) is 4.62. The number of benzene rings is 2. The molecule has 0 spiro atoms. The van der Waals surface area contributed by atoms with Crippen LogP contribution in [-0.4, -0.2) is 31.7 Å². The fourth-order valence-corrected chi connectivity index (χ4v) is 2.40. The first-order chi connectivity index (χ1) is 12.5. The molecule has 0 bridgehead atoms. The van der Waals surface area contributed by atoms with E-state index in [1.54, 1.807) is 31.2 Å². The summed E-state index contributed by atoms with van der Waals surface area (Å²) >= 11 is 0. The fraction of sp³-hybridized carbons (Fsp3) is 0.278. The van der Waals surface area contributed by atoms with Crippen molar-refractivity contribution >= 4 is 17.3 Å². The van der Waals surface area contributed by atoms with Gasteiger partial charge in [0.25, 0.3) is 5.69 Å². The van der Waals surface area contributed by atoms with Gasteiger partial charge < -0.3 is 19.5 Å². The minimum Gasteiger partial charge on any atom is -0.494 e. The predicted octanol–water partition coefficient (Wildman–Crippen LogP) is 3.19. The lowest BCUT2D eigenvalue weighted by Gasteiger charge is -2.10. The van der Waals surface area contributed by atoms with Crippen molar-refractivity contribution in [3.63, 3.8) is 0 Å². The van der Waals surface area contributed by atoms with Crippen LogP contribution < -0.4 is 19.5 Å². The first-order valence-electron chi connectivity index (χ1n) is 7.90. The Kier molecular flexibility index (Phi) is 6.37. The fourth-order valence-electron chi connectivity index (χ4n) is 2.40. The molecule has 0 aromatic heterocycles. The minimum absolute atomic E-state index is 0.0325. The van der Waals surface area contributed by atoms with E-state index < -0.39 is 4.92 Å². The van der Waals surface area contributed by atoms with Crippen LogP contribution in [0.3, 0.4) is 0 Å². The number of anilines is 1. The van der Waals surface area contributed by atoms with Crippen molar-refractivity contribution in [3.05, 3.63) is 52.1 Å². The quantitative estimate of drug-likeness (QED) is 0.573. The van der Waals surface area contributed by atoms with E-state index in [1.165, 1.54) is 26.4 Å². The van der Waals surface area contributed by atoms with Crippen molar-refractivity contribution in [2.45, 2.75) is 13.3 Å². The van der Waals surface area contributed by atoms with Crippen LogP contribution in [0.5, 0.6) is 17.2 Å². The van der Waals surface area contributed by atoms with E-state index >= 15 is 0 Å². The van der Waals surface area contributed by atoms with Gasteiger partial charge in [-0.3, -0.25) is 14.9 Å². The van der Waals surface area contributed by atoms with E-state index in [0.717, 1.165) is 0 Å². The van der Waals surface area contributed by atoms with Crippen molar-refractivity contribution in [2.75, 3.05) is 26.1 Å². The Bertz CT molecular complexity index is 806. The summed E-state index contributed by atoms with van der Waals surface area (Å²) in [7, 11) is 3.03. The zero-order chi connectivity index (χ0) is 19.1. The summed E-state index contributed by atoms with van der Waals surface area (Å²) in [6, 6.07) is 9.42. The van der Waals surface area contributed by atoms with Crippen molar-refractivity contribution in [1.82, 2.24) is 0 Å². The van der Waals surface area contributed by atoms with Crippen LogP contribution in [0.15, 0.2) is 36.4 Å². The molecular weight excluding hydrogens is 340 g/mol.